The van der Waals surface area contributed by atoms with Crippen molar-refractivity contribution in [2.75, 3.05) is 6.61 Å². The molecule has 80 valence electrons. The van der Waals surface area contributed by atoms with Crippen LogP contribution >= 0.6 is 8.25 Å². The van der Waals surface area contributed by atoms with Gasteiger partial charge in [-0.3, -0.25) is 4.79 Å². The molecule has 0 radical (unpaired) electrons. The molecule has 0 amide bonds. The van der Waals surface area contributed by atoms with Gasteiger partial charge < -0.3 is 4.74 Å². The summed E-state index contributed by atoms with van der Waals surface area (Å²) in [5.41, 5.74) is 0. The van der Waals surface area contributed by atoms with Gasteiger partial charge in [0.2, 0.25) is 0 Å². The summed E-state index contributed by atoms with van der Waals surface area (Å²) in [5, 5.41) is 0. The highest BCUT2D eigenvalue weighted by Crippen LogP contribution is 2.13. The summed E-state index contributed by atoms with van der Waals surface area (Å²) in [5.74, 6) is -0.309. The molecule has 0 fully saturated rings. The molecule has 14 heavy (non-hydrogen) atoms. The molecular formula is C8H14O5P+. The summed E-state index contributed by atoms with van der Waals surface area (Å²) in [6.45, 7) is 1.93. The van der Waals surface area contributed by atoms with Gasteiger partial charge in [0, 0.05) is 11.0 Å². The quantitative estimate of drug-likeness (QED) is 0.403. The van der Waals surface area contributed by atoms with E-state index in [4.69, 9.17) is 4.89 Å². The molecule has 0 heterocycles. The predicted octanol–water partition coefficient (Wildman–Crippen LogP) is 1.90. The van der Waals surface area contributed by atoms with Crippen molar-refractivity contribution >= 4 is 14.2 Å². The fourth-order valence-corrected chi connectivity index (χ4v) is 0.864. The summed E-state index contributed by atoms with van der Waals surface area (Å²) >= 11 is 0. The van der Waals surface area contributed by atoms with Crippen LogP contribution in [-0.2, 0) is 18.6 Å². The minimum absolute atomic E-state index is 0.0488. The van der Waals surface area contributed by atoms with Gasteiger partial charge in [-0.1, -0.05) is 13.3 Å². The highest BCUT2D eigenvalue weighted by molar-refractivity contribution is 7.32. The van der Waals surface area contributed by atoms with Crippen molar-refractivity contribution in [1.29, 1.82) is 0 Å². The van der Waals surface area contributed by atoms with E-state index in [0.717, 1.165) is 19.1 Å². The van der Waals surface area contributed by atoms with Crippen LogP contribution < -0.4 is 0 Å². The van der Waals surface area contributed by atoms with Crippen molar-refractivity contribution in [3.8, 4) is 0 Å². The highest BCUT2D eigenvalue weighted by atomic mass is 31.1. The largest absolute Gasteiger partial charge is 0.695 e. The molecule has 1 unspecified atom stereocenters. The van der Waals surface area contributed by atoms with Gasteiger partial charge in [0.25, 0.3) is 0 Å². The zero-order valence-corrected chi connectivity index (χ0v) is 8.90. The molecular weight excluding hydrogens is 207 g/mol. The third kappa shape index (κ3) is 9.32. The van der Waals surface area contributed by atoms with Crippen molar-refractivity contribution < 1.29 is 23.5 Å². The number of rotatable bonds is 7. The third-order valence-electron chi connectivity index (χ3n) is 1.31. The van der Waals surface area contributed by atoms with Gasteiger partial charge >= 0.3 is 14.2 Å². The van der Waals surface area contributed by atoms with E-state index in [9.17, 15) is 9.36 Å². The van der Waals surface area contributed by atoms with E-state index in [0.29, 0.717) is 6.42 Å². The Balaban J connectivity index is 3.41. The molecule has 1 atom stereocenters. The van der Waals surface area contributed by atoms with E-state index in [1.807, 2.05) is 6.92 Å². The minimum atomic E-state index is -2.58. The van der Waals surface area contributed by atoms with Crippen molar-refractivity contribution in [2.24, 2.45) is 0 Å². The van der Waals surface area contributed by atoms with Crippen LogP contribution in [0.1, 0.15) is 26.2 Å². The molecule has 0 aliphatic carbocycles. The summed E-state index contributed by atoms with van der Waals surface area (Å²) < 4.78 is 19.0. The number of unbranched alkanes of at least 4 members (excludes halogenated alkanes) is 1. The van der Waals surface area contributed by atoms with Crippen molar-refractivity contribution in [3.05, 3.63) is 12.3 Å². The monoisotopic (exact) mass is 221 g/mol. The van der Waals surface area contributed by atoms with Gasteiger partial charge in [0.05, 0.1) is 6.26 Å². The number of carbonyl (C=O) groups excluding carboxylic acids is 1. The second-order valence-corrected chi connectivity index (χ2v) is 3.23. The Morgan fingerprint density at radius 1 is 1.57 bits per heavy atom. The van der Waals surface area contributed by atoms with E-state index < -0.39 is 8.25 Å². The molecule has 0 rings (SSSR count). The molecule has 0 saturated carbocycles. The first-order chi connectivity index (χ1) is 6.66. The maximum absolute atomic E-state index is 10.9. The van der Waals surface area contributed by atoms with Crippen LogP contribution in [0.4, 0.5) is 0 Å². The van der Waals surface area contributed by atoms with Gasteiger partial charge in [-0.05, 0) is 12.5 Å². The summed E-state index contributed by atoms with van der Waals surface area (Å²) in [6.07, 6.45) is 4.64. The number of esters is 1. The van der Waals surface area contributed by atoms with Gasteiger partial charge in [0.1, 0.15) is 6.61 Å². The molecule has 0 aliphatic heterocycles. The number of ether oxygens (including phenoxy) is 1. The lowest BCUT2D eigenvalue weighted by Crippen LogP contribution is -1.98. The lowest BCUT2D eigenvalue weighted by molar-refractivity contribution is -0.138. The van der Waals surface area contributed by atoms with E-state index in [-0.39, 0.29) is 12.6 Å². The van der Waals surface area contributed by atoms with Crippen LogP contribution in [0.3, 0.4) is 0 Å². The molecule has 0 aromatic rings. The second kappa shape index (κ2) is 8.81. The van der Waals surface area contributed by atoms with Crippen molar-refractivity contribution in [2.45, 2.75) is 26.2 Å². The molecule has 0 saturated heterocycles. The maximum atomic E-state index is 10.9. The normalized spacial score (nSPS) is 11.7. The van der Waals surface area contributed by atoms with Crippen LogP contribution in [0, 0.1) is 0 Å². The van der Waals surface area contributed by atoms with Gasteiger partial charge in [-0.2, -0.15) is 0 Å². The fraction of sp³-hybridized carbons (Fsp3) is 0.625. The molecule has 1 N–H and O–H groups in total. The molecule has 0 aromatic carbocycles. The van der Waals surface area contributed by atoms with Gasteiger partial charge in [0.15, 0.2) is 0 Å². The summed E-state index contributed by atoms with van der Waals surface area (Å²) in [4.78, 5) is 19.1. The minimum Gasteiger partial charge on any atom is -0.435 e. The van der Waals surface area contributed by atoms with E-state index in [1.165, 1.54) is 6.08 Å². The lowest BCUT2D eigenvalue weighted by Gasteiger charge is -1.95. The van der Waals surface area contributed by atoms with Crippen LogP contribution in [0.5, 0.6) is 0 Å². The molecule has 0 bridgehead atoms. The lowest BCUT2D eigenvalue weighted by atomic mass is 10.3. The fourth-order valence-electron chi connectivity index (χ4n) is 0.650. The Morgan fingerprint density at radius 3 is 2.86 bits per heavy atom. The van der Waals surface area contributed by atoms with E-state index in [1.54, 1.807) is 0 Å². The smallest absolute Gasteiger partial charge is 0.435 e. The average molecular weight is 221 g/mol. The molecule has 0 aromatic heterocycles. The number of carbonyl (C=O) groups is 1. The zero-order valence-electron chi connectivity index (χ0n) is 8.01. The Hall–Kier alpha value is -0.770. The van der Waals surface area contributed by atoms with Crippen LogP contribution in [0.15, 0.2) is 12.3 Å². The summed E-state index contributed by atoms with van der Waals surface area (Å²) in [6, 6.07) is 0. The van der Waals surface area contributed by atoms with Crippen LogP contribution in [0.2, 0.25) is 0 Å². The summed E-state index contributed by atoms with van der Waals surface area (Å²) in [7, 11) is -2.58. The molecule has 0 aliphatic rings. The highest BCUT2D eigenvalue weighted by Gasteiger charge is 2.08. The van der Waals surface area contributed by atoms with Gasteiger partial charge in [-0.25, -0.2) is 0 Å². The van der Waals surface area contributed by atoms with Crippen molar-refractivity contribution in [3.63, 3.8) is 0 Å². The third-order valence-corrected chi connectivity index (χ3v) is 1.68. The zero-order chi connectivity index (χ0) is 10.8. The Kier molecular flexibility index (Phi) is 8.33. The van der Waals surface area contributed by atoms with Gasteiger partial charge in [-0.15, -0.1) is 9.42 Å². The Labute approximate surface area is 83.7 Å². The topological polar surface area (TPSA) is 72.8 Å². The standard InChI is InChI=1S/C8H13O5P/c1-2-3-5-8(9)12-6-4-7-13-14(10)11/h4,6H,2-3,5,7H2,1H3/p+1. The first-order valence-electron chi connectivity index (χ1n) is 4.30. The Bertz CT molecular complexity index is 214. The van der Waals surface area contributed by atoms with Crippen LogP contribution in [-0.4, -0.2) is 17.5 Å². The molecule has 5 nitrogen and oxygen atoms in total. The first kappa shape index (κ1) is 13.2. The average Bonchev–Trinajstić information content (AvgIpc) is 2.13. The van der Waals surface area contributed by atoms with Crippen LogP contribution in [0.25, 0.3) is 0 Å². The first-order valence-corrected chi connectivity index (χ1v) is 5.43. The van der Waals surface area contributed by atoms with Crippen molar-refractivity contribution in [1.82, 2.24) is 0 Å². The maximum Gasteiger partial charge on any atom is 0.695 e. The second-order valence-electron chi connectivity index (χ2n) is 2.50. The van der Waals surface area contributed by atoms with E-state index >= 15 is 0 Å². The molecule has 6 heteroatoms. The Morgan fingerprint density at radius 2 is 2.29 bits per heavy atom. The SMILES string of the molecule is CCCCC(=O)OC=CCO[P+](=O)O. The van der Waals surface area contributed by atoms with E-state index in [2.05, 4.69) is 9.26 Å². The predicted molar refractivity (Wildman–Crippen MR) is 50.5 cm³/mol. The number of hydrogen-bond donors (Lipinski definition) is 1. The molecule has 0 spiro atoms. The number of hydrogen-bond acceptors (Lipinski definition) is 4.